The SMILES string of the molecule is O=C(Cc1ccncc1)Nc1ccc2cc1CCc1cccc(c1)Nc1ncc(Cl)c(n1)N2. The quantitative estimate of drug-likeness (QED) is 0.388. The third-order valence-electron chi connectivity index (χ3n) is 5.37. The number of halogens is 1. The van der Waals surface area contributed by atoms with Crippen LogP contribution in [0, 0.1) is 0 Å². The number of carbonyl (C=O) groups is 1. The molecule has 0 atom stereocenters. The van der Waals surface area contributed by atoms with Gasteiger partial charge in [-0.05, 0) is 72.0 Å². The molecule has 4 aromatic rings. The van der Waals surface area contributed by atoms with Gasteiger partial charge < -0.3 is 16.0 Å². The highest BCUT2D eigenvalue weighted by Crippen LogP contribution is 2.29. The summed E-state index contributed by atoms with van der Waals surface area (Å²) in [6.45, 7) is 0. The zero-order valence-electron chi connectivity index (χ0n) is 17.7. The van der Waals surface area contributed by atoms with Crippen LogP contribution in [0.25, 0.3) is 0 Å². The largest absolute Gasteiger partial charge is 0.339 e. The van der Waals surface area contributed by atoms with Crippen LogP contribution >= 0.6 is 11.6 Å². The van der Waals surface area contributed by atoms with Crippen LogP contribution in [0.4, 0.5) is 28.8 Å². The number of nitrogens with one attached hydrogen (secondary N) is 3. The summed E-state index contributed by atoms with van der Waals surface area (Å²) in [7, 11) is 0. The van der Waals surface area contributed by atoms with Gasteiger partial charge in [-0.3, -0.25) is 9.78 Å². The van der Waals surface area contributed by atoms with Crippen molar-refractivity contribution >= 4 is 46.3 Å². The second-order valence-electron chi connectivity index (χ2n) is 7.79. The van der Waals surface area contributed by atoms with Crippen molar-refractivity contribution in [3.8, 4) is 0 Å². The van der Waals surface area contributed by atoms with Gasteiger partial charge in [-0.1, -0.05) is 23.7 Å². The van der Waals surface area contributed by atoms with E-state index in [0.29, 0.717) is 16.8 Å². The van der Waals surface area contributed by atoms with Gasteiger partial charge >= 0.3 is 0 Å². The molecule has 0 aliphatic carbocycles. The minimum absolute atomic E-state index is 0.0734. The highest BCUT2D eigenvalue weighted by Gasteiger charge is 2.13. The molecule has 6 bridgehead atoms. The number of aryl methyl sites for hydroxylation is 2. The van der Waals surface area contributed by atoms with Crippen LogP contribution in [0.15, 0.2) is 73.2 Å². The van der Waals surface area contributed by atoms with E-state index in [0.717, 1.165) is 41.0 Å². The molecule has 1 aliphatic rings. The molecule has 1 amide bonds. The molecular formula is C25H21ClN6O. The van der Waals surface area contributed by atoms with Gasteiger partial charge in [-0.2, -0.15) is 4.98 Å². The third kappa shape index (κ3) is 5.10. The van der Waals surface area contributed by atoms with Crippen LogP contribution in [0.3, 0.4) is 0 Å². The van der Waals surface area contributed by atoms with E-state index in [4.69, 9.17) is 11.6 Å². The van der Waals surface area contributed by atoms with Gasteiger partial charge in [0.05, 0.1) is 12.6 Å². The molecule has 5 rings (SSSR count). The summed E-state index contributed by atoms with van der Waals surface area (Å²) in [5.74, 6) is 0.888. The minimum atomic E-state index is -0.0734. The molecule has 0 spiro atoms. The van der Waals surface area contributed by atoms with E-state index >= 15 is 0 Å². The molecule has 33 heavy (non-hydrogen) atoms. The zero-order chi connectivity index (χ0) is 22.6. The molecular weight excluding hydrogens is 436 g/mol. The number of carbonyl (C=O) groups excluding carboxylic acids is 1. The average molecular weight is 457 g/mol. The summed E-state index contributed by atoms with van der Waals surface area (Å²) < 4.78 is 0. The summed E-state index contributed by atoms with van der Waals surface area (Å²) in [5.41, 5.74) is 5.62. The van der Waals surface area contributed by atoms with Gasteiger partial charge in [-0.15, -0.1) is 0 Å². The lowest BCUT2D eigenvalue weighted by Crippen LogP contribution is -2.16. The number of benzene rings is 2. The topological polar surface area (TPSA) is 91.8 Å². The smallest absolute Gasteiger partial charge is 0.229 e. The Morgan fingerprint density at radius 1 is 1.00 bits per heavy atom. The van der Waals surface area contributed by atoms with Gasteiger partial charge in [0, 0.05) is 29.5 Å². The van der Waals surface area contributed by atoms with Crippen molar-refractivity contribution in [2.24, 2.45) is 0 Å². The number of nitrogens with zero attached hydrogens (tertiary/aromatic N) is 3. The van der Waals surface area contributed by atoms with E-state index in [9.17, 15) is 4.79 Å². The Morgan fingerprint density at radius 3 is 2.73 bits per heavy atom. The van der Waals surface area contributed by atoms with Crippen molar-refractivity contribution in [2.45, 2.75) is 19.3 Å². The third-order valence-corrected chi connectivity index (χ3v) is 5.64. The first-order chi connectivity index (χ1) is 16.1. The predicted molar refractivity (Wildman–Crippen MR) is 130 cm³/mol. The number of aromatic nitrogens is 3. The molecule has 0 unspecified atom stereocenters. The Morgan fingerprint density at radius 2 is 1.85 bits per heavy atom. The van der Waals surface area contributed by atoms with Crippen molar-refractivity contribution < 1.29 is 4.79 Å². The molecule has 0 fully saturated rings. The van der Waals surface area contributed by atoms with Crippen LogP contribution in [-0.4, -0.2) is 20.9 Å². The molecule has 0 saturated carbocycles. The first kappa shape index (κ1) is 20.9. The van der Waals surface area contributed by atoms with Crippen molar-refractivity contribution in [3.63, 3.8) is 0 Å². The average Bonchev–Trinajstić information content (AvgIpc) is 2.82. The monoisotopic (exact) mass is 456 g/mol. The van der Waals surface area contributed by atoms with Crippen LogP contribution in [0.2, 0.25) is 5.02 Å². The zero-order valence-corrected chi connectivity index (χ0v) is 18.4. The van der Waals surface area contributed by atoms with Crippen LogP contribution in [-0.2, 0) is 24.1 Å². The summed E-state index contributed by atoms with van der Waals surface area (Å²) >= 11 is 6.33. The van der Waals surface area contributed by atoms with Crippen molar-refractivity contribution in [1.82, 2.24) is 15.0 Å². The summed E-state index contributed by atoms with van der Waals surface area (Å²) in [5, 5.41) is 10.00. The number of fused-ring (bicyclic) bond motifs is 6. The Kier molecular flexibility index (Phi) is 5.87. The molecule has 164 valence electrons. The lowest BCUT2D eigenvalue weighted by atomic mass is 10.0. The second-order valence-corrected chi connectivity index (χ2v) is 8.20. The minimum Gasteiger partial charge on any atom is -0.339 e. The Balaban J connectivity index is 1.47. The summed E-state index contributed by atoms with van der Waals surface area (Å²) in [6.07, 6.45) is 6.79. The first-order valence-electron chi connectivity index (χ1n) is 10.6. The fourth-order valence-corrected chi connectivity index (χ4v) is 3.88. The molecule has 2 aromatic heterocycles. The van der Waals surface area contributed by atoms with Crippen LogP contribution in [0.1, 0.15) is 16.7 Å². The van der Waals surface area contributed by atoms with Crippen LogP contribution in [0.5, 0.6) is 0 Å². The molecule has 0 radical (unpaired) electrons. The standard InChI is InChI=1S/C25H21ClN6O/c26-21-15-28-25-30-19-3-1-2-16(12-19)4-5-18-14-20(29-24(21)32-25)6-7-22(18)31-23(33)13-17-8-10-27-11-9-17/h1-3,6-12,14-15H,4-5,13H2,(H,31,33)(H2,28,29,30,32). The Bertz CT molecular complexity index is 1310. The number of anilines is 5. The van der Waals surface area contributed by atoms with E-state index in [1.807, 2.05) is 42.5 Å². The lowest BCUT2D eigenvalue weighted by Gasteiger charge is -2.15. The first-order valence-corrected chi connectivity index (χ1v) is 11.0. The van der Waals surface area contributed by atoms with Gasteiger partial charge in [0.25, 0.3) is 0 Å². The lowest BCUT2D eigenvalue weighted by molar-refractivity contribution is -0.115. The highest BCUT2D eigenvalue weighted by atomic mass is 35.5. The molecule has 1 aliphatic heterocycles. The van der Waals surface area contributed by atoms with Crippen molar-refractivity contribution in [2.75, 3.05) is 16.0 Å². The maximum absolute atomic E-state index is 12.7. The van der Waals surface area contributed by atoms with Gasteiger partial charge in [0.15, 0.2) is 5.82 Å². The van der Waals surface area contributed by atoms with Crippen molar-refractivity contribution in [1.29, 1.82) is 0 Å². The van der Waals surface area contributed by atoms with Gasteiger partial charge in [-0.25, -0.2) is 4.98 Å². The number of hydrogen-bond acceptors (Lipinski definition) is 6. The molecule has 0 saturated heterocycles. The Hall–Kier alpha value is -3.97. The maximum Gasteiger partial charge on any atom is 0.229 e. The molecule has 3 N–H and O–H groups in total. The maximum atomic E-state index is 12.7. The molecule has 3 heterocycles. The number of amides is 1. The van der Waals surface area contributed by atoms with Gasteiger partial charge in [0.1, 0.15) is 5.02 Å². The van der Waals surface area contributed by atoms with E-state index in [-0.39, 0.29) is 12.3 Å². The van der Waals surface area contributed by atoms with E-state index < -0.39 is 0 Å². The highest BCUT2D eigenvalue weighted by molar-refractivity contribution is 6.32. The van der Waals surface area contributed by atoms with Gasteiger partial charge in [0.2, 0.25) is 11.9 Å². The van der Waals surface area contributed by atoms with E-state index in [1.165, 1.54) is 5.56 Å². The molecule has 2 aromatic carbocycles. The number of hydrogen-bond donors (Lipinski definition) is 3. The van der Waals surface area contributed by atoms with E-state index in [2.05, 4.69) is 43.0 Å². The van der Waals surface area contributed by atoms with E-state index in [1.54, 1.807) is 18.6 Å². The Labute approximate surface area is 196 Å². The van der Waals surface area contributed by atoms with Crippen LogP contribution < -0.4 is 16.0 Å². The molecule has 8 heteroatoms. The summed E-state index contributed by atoms with van der Waals surface area (Å²) in [4.78, 5) is 25.5. The second kappa shape index (κ2) is 9.26. The normalized spacial score (nSPS) is 12.3. The fraction of sp³-hybridized carbons (Fsp3) is 0.120. The fourth-order valence-electron chi connectivity index (χ4n) is 3.75. The van der Waals surface area contributed by atoms with Crippen molar-refractivity contribution in [3.05, 3.63) is 94.9 Å². The predicted octanol–water partition coefficient (Wildman–Crippen LogP) is 5.29. The number of pyridine rings is 1. The number of rotatable bonds is 3. The molecule has 7 nitrogen and oxygen atoms in total. The summed E-state index contributed by atoms with van der Waals surface area (Å²) in [6, 6.07) is 17.7.